The van der Waals surface area contributed by atoms with Crippen LogP contribution in [0.2, 0.25) is 0 Å². The summed E-state index contributed by atoms with van der Waals surface area (Å²) in [5.41, 5.74) is 3.15. The molecule has 82 valence electrons. The lowest BCUT2D eigenvalue weighted by Gasteiger charge is -2.29. The molecule has 0 aromatic carbocycles. The van der Waals surface area contributed by atoms with Crippen LogP contribution in [0.3, 0.4) is 0 Å². The predicted molar refractivity (Wildman–Crippen MR) is 62.7 cm³/mol. The van der Waals surface area contributed by atoms with Gasteiger partial charge in [0.15, 0.2) is 5.78 Å². The first kappa shape index (κ1) is 10.7. The fourth-order valence-electron chi connectivity index (χ4n) is 2.69. The standard InChI is InChI=1S/C14H20O/c1-11-5-6-12-10-13(15)4-3-8-14(12,2)9-7-11/h7,10H,3-6,8-9H2,1-2H3/t14-/m0/s1. The first-order valence-electron chi connectivity index (χ1n) is 6.00. The van der Waals surface area contributed by atoms with E-state index in [9.17, 15) is 4.79 Å². The Labute approximate surface area is 92.3 Å². The number of hydrogen-bond acceptors (Lipinski definition) is 1. The number of hydrogen-bond donors (Lipinski definition) is 0. The van der Waals surface area contributed by atoms with Gasteiger partial charge in [-0.15, -0.1) is 0 Å². The van der Waals surface area contributed by atoms with E-state index in [1.807, 2.05) is 6.08 Å². The van der Waals surface area contributed by atoms with Crippen LogP contribution in [0.15, 0.2) is 23.3 Å². The lowest BCUT2D eigenvalue weighted by molar-refractivity contribution is -0.114. The van der Waals surface area contributed by atoms with Gasteiger partial charge in [-0.3, -0.25) is 4.79 Å². The Morgan fingerprint density at radius 1 is 1.27 bits per heavy atom. The Bertz CT molecular complexity index is 335. The van der Waals surface area contributed by atoms with E-state index in [1.54, 1.807) is 0 Å². The van der Waals surface area contributed by atoms with E-state index in [2.05, 4.69) is 19.9 Å². The molecule has 0 heterocycles. The first-order valence-corrected chi connectivity index (χ1v) is 6.00. The van der Waals surface area contributed by atoms with Gasteiger partial charge < -0.3 is 0 Å². The van der Waals surface area contributed by atoms with Crippen molar-refractivity contribution in [3.8, 4) is 0 Å². The number of carbonyl (C=O) groups excluding carboxylic acids is 1. The van der Waals surface area contributed by atoms with Gasteiger partial charge in [-0.1, -0.05) is 24.1 Å². The van der Waals surface area contributed by atoms with Gasteiger partial charge in [-0.2, -0.15) is 0 Å². The van der Waals surface area contributed by atoms with E-state index in [0.29, 0.717) is 5.78 Å². The average molecular weight is 204 g/mol. The highest BCUT2D eigenvalue weighted by molar-refractivity contribution is 5.90. The minimum absolute atomic E-state index is 0.268. The van der Waals surface area contributed by atoms with Crippen molar-refractivity contribution in [1.29, 1.82) is 0 Å². The topological polar surface area (TPSA) is 17.1 Å². The molecular formula is C14H20O. The molecule has 0 amide bonds. The molecule has 1 nitrogen and oxygen atoms in total. The minimum atomic E-state index is 0.268. The lowest BCUT2D eigenvalue weighted by Crippen LogP contribution is -2.17. The summed E-state index contributed by atoms with van der Waals surface area (Å²) in [6.45, 7) is 4.53. The molecular weight excluding hydrogens is 184 g/mol. The minimum Gasteiger partial charge on any atom is -0.295 e. The highest BCUT2D eigenvalue weighted by Gasteiger charge is 2.31. The average Bonchev–Trinajstić information content (AvgIpc) is 2.40. The molecule has 2 aliphatic carbocycles. The van der Waals surface area contributed by atoms with Gasteiger partial charge in [0, 0.05) is 6.42 Å². The molecule has 0 saturated heterocycles. The Hall–Kier alpha value is -0.850. The van der Waals surface area contributed by atoms with Crippen LogP contribution in [0.1, 0.15) is 52.4 Å². The Balaban J connectivity index is 2.32. The Morgan fingerprint density at radius 3 is 2.87 bits per heavy atom. The summed E-state index contributed by atoms with van der Waals surface area (Å²) in [6.07, 6.45) is 10.6. The number of ketones is 1. The molecule has 0 unspecified atom stereocenters. The summed E-state index contributed by atoms with van der Waals surface area (Å²) in [4.78, 5) is 11.6. The van der Waals surface area contributed by atoms with E-state index in [1.165, 1.54) is 17.6 Å². The summed E-state index contributed by atoms with van der Waals surface area (Å²) in [6, 6.07) is 0. The number of carbonyl (C=O) groups is 1. The smallest absolute Gasteiger partial charge is 0.155 e. The first-order chi connectivity index (χ1) is 7.10. The van der Waals surface area contributed by atoms with Crippen molar-refractivity contribution in [3.05, 3.63) is 23.3 Å². The third-order valence-corrected chi connectivity index (χ3v) is 3.95. The monoisotopic (exact) mass is 204 g/mol. The molecule has 15 heavy (non-hydrogen) atoms. The van der Waals surface area contributed by atoms with Gasteiger partial charge in [-0.05, 0) is 50.5 Å². The normalized spacial score (nSPS) is 32.3. The van der Waals surface area contributed by atoms with Gasteiger partial charge in [0.25, 0.3) is 0 Å². The summed E-state index contributed by atoms with van der Waals surface area (Å²) in [7, 11) is 0. The molecule has 0 spiro atoms. The maximum Gasteiger partial charge on any atom is 0.155 e. The fourth-order valence-corrected chi connectivity index (χ4v) is 2.69. The van der Waals surface area contributed by atoms with Gasteiger partial charge >= 0.3 is 0 Å². The van der Waals surface area contributed by atoms with Crippen molar-refractivity contribution >= 4 is 5.78 Å². The zero-order valence-electron chi connectivity index (χ0n) is 9.81. The van der Waals surface area contributed by atoms with Crippen LogP contribution in [0.5, 0.6) is 0 Å². The summed E-state index contributed by atoms with van der Waals surface area (Å²) < 4.78 is 0. The molecule has 0 aromatic rings. The third kappa shape index (κ3) is 2.22. The predicted octanol–water partition coefficient (Wildman–Crippen LogP) is 3.80. The van der Waals surface area contributed by atoms with E-state index >= 15 is 0 Å². The van der Waals surface area contributed by atoms with Crippen molar-refractivity contribution in [1.82, 2.24) is 0 Å². The quantitative estimate of drug-likeness (QED) is 0.548. The molecule has 2 rings (SSSR count). The maximum atomic E-state index is 11.6. The second-order valence-corrected chi connectivity index (χ2v) is 5.30. The zero-order valence-corrected chi connectivity index (χ0v) is 9.81. The van der Waals surface area contributed by atoms with E-state index in [4.69, 9.17) is 0 Å². The molecule has 0 N–H and O–H groups in total. The highest BCUT2D eigenvalue weighted by atomic mass is 16.1. The van der Waals surface area contributed by atoms with Gasteiger partial charge in [0.05, 0.1) is 0 Å². The molecule has 0 saturated carbocycles. The van der Waals surface area contributed by atoms with Gasteiger partial charge in [0.1, 0.15) is 0 Å². The van der Waals surface area contributed by atoms with Crippen molar-refractivity contribution in [2.75, 3.05) is 0 Å². The van der Waals surface area contributed by atoms with Crippen molar-refractivity contribution < 1.29 is 4.79 Å². The molecule has 0 aliphatic heterocycles. The fraction of sp³-hybridized carbons (Fsp3) is 0.643. The third-order valence-electron chi connectivity index (χ3n) is 3.95. The summed E-state index contributed by atoms with van der Waals surface area (Å²) >= 11 is 0. The molecule has 0 bridgehead atoms. The lowest BCUT2D eigenvalue weighted by atomic mass is 9.75. The molecule has 0 radical (unpaired) electrons. The highest BCUT2D eigenvalue weighted by Crippen LogP contribution is 2.43. The number of rotatable bonds is 0. The van der Waals surface area contributed by atoms with Crippen molar-refractivity contribution in [3.63, 3.8) is 0 Å². The van der Waals surface area contributed by atoms with Crippen LogP contribution >= 0.6 is 0 Å². The molecule has 1 atom stereocenters. The summed E-state index contributed by atoms with van der Waals surface area (Å²) in [5.74, 6) is 0.341. The van der Waals surface area contributed by atoms with E-state index < -0.39 is 0 Å². The largest absolute Gasteiger partial charge is 0.295 e. The van der Waals surface area contributed by atoms with Crippen LogP contribution in [-0.4, -0.2) is 5.78 Å². The number of fused-ring (bicyclic) bond motifs is 1. The molecule has 0 fully saturated rings. The Morgan fingerprint density at radius 2 is 2.07 bits per heavy atom. The maximum absolute atomic E-state index is 11.6. The molecule has 0 aromatic heterocycles. The zero-order chi connectivity index (χ0) is 10.9. The van der Waals surface area contributed by atoms with Crippen LogP contribution in [0.25, 0.3) is 0 Å². The van der Waals surface area contributed by atoms with Crippen molar-refractivity contribution in [2.45, 2.75) is 52.4 Å². The summed E-state index contributed by atoms with van der Waals surface area (Å²) in [5, 5.41) is 0. The van der Waals surface area contributed by atoms with Crippen molar-refractivity contribution in [2.24, 2.45) is 5.41 Å². The van der Waals surface area contributed by atoms with Gasteiger partial charge in [0.2, 0.25) is 0 Å². The molecule has 2 aliphatic rings. The molecule has 1 heteroatoms. The van der Waals surface area contributed by atoms with Gasteiger partial charge in [-0.25, -0.2) is 0 Å². The SMILES string of the molecule is CC1=CC[C@]2(C)CCCC(=O)C=C2CC1. The van der Waals surface area contributed by atoms with Crippen LogP contribution in [0.4, 0.5) is 0 Å². The van der Waals surface area contributed by atoms with Crippen LogP contribution in [-0.2, 0) is 4.79 Å². The van der Waals surface area contributed by atoms with E-state index in [-0.39, 0.29) is 5.41 Å². The number of allylic oxidation sites excluding steroid dienone is 4. The second-order valence-electron chi connectivity index (χ2n) is 5.30. The van der Waals surface area contributed by atoms with E-state index in [0.717, 1.165) is 32.1 Å². The Kier molecular flexibility index (Phi) is 2.81. The second kappa shape index (κ2) is 3.96. The van der Waals surface area contributed by atoms with Crippen LogP contribution < -0.4 is 0 Å². The van der Waals surface area contributed by atoms with Crippen LogP contribution in [0, 0.1) is 5.41 Å².